The molecule has 2 aromatic rings. The molecule has 0 aliphatic heterocycles. The molecule has 1 amide bonds. The normalized spacial score (nSPS) is 11.5. The second-order valence-corrected chi connectivity index (χ2v) is 5.19. The third kappa shape index (κ3) is 4.46. The molecule has 0 aliphatic rings. The number of benzene rings is 1. The van der Waals surface area contributed by atoms with Crippen molar-refractivity contribution in [3.05, 3.63) is 35.7 Å². The molecular weight excluding hydrogens is 328 g/mol. The average molecular weight is 348 g/mol. The molecule has 1 aromatic heterocycles. The first-order valence-electron chi connectivity index (χ1n) is 7.48. The van der Waals surface area contributed by atoms with Crippen LogP contribution in [0.3, 0.4) is 0 Å². The summed E-state index contributed by atoms with van der Waals surface area (Å²) in [5, 5.41) is 10.2. The van der Waals surface area contributed by atoms with Gasteiger partial charge in [0.05, 0.1) is 33.6 Å². The van der Waals surface area contributed by atoms with Gasteiger partial charge in [0.1, 0.15) is 18.0 Å². The van der Waals surface area contributed by atoms with Gasteiger partial charge in [-0.15, -0.1) is 5.10 Å². The van der Waals surface area contributed by atoms with Crippen molar-refractivity contribution in [1.29, 1.82) is 0 Å². The second kappa shape index (κ2) is 8.13. The highest BCUT2D eigenvalue weighted by Crippen LogP contribution is 2.29. The zero-order valence-corrected chi connectivity index (χ0v) is 14.5. The first-order chi connectivity index (χ1) is 12.0. The Morgan fingerprint density at radius 1 is 1.24 bits per heavy atom. The van der Waals surface area contributed by atoms with Gasteiger partial charge in [-0.3, -0.25) is 4.79 Å². The molecule has 1 heterocycles. The predicted octanol–water partition coefficient (Wildman–Crippen LogP) is 0.959. The highest BCUT2D eigenvalue weighted by atomic mass is 16.5. The van der Waals surface area contributed by atoms with Crippen molar-refractivity contribution in [3.8, 4) is 11.5 Å². The largest absolute Gasteiger partial charge is 0.497 e. The summed E-state index contributed by atoms with van der Waals surface area (Å²) in [5.74, 6) is 0.401. The zero-order valence-electron chi connectivity index (χ0n) is 14.5. The van der Waals surface area contributed by atoms with Crippen molar-refractivity contribution in [1.82, 2.24) is 20.3 Å². The van der Waals surface area contributed by atoms with Crippen LogP contribution in [0.4, 0.5) is 0 Å². The Balaban J connectivity index is 2.05. The molecule has 1 aromatic carbocycles. The summed E-state index contributed by atoms with van der Waals surface area (Å²) in [6, 6.07) is 5.03. The predicted molar refractivity (Wildman–Crippen MR) is 87.5 cm³/mol. The van der Waals surface area contributed by atoms with E-state index >= 15 is 0 Å². The Hall–Kier alpha value is -3.10. The molecular formula is C16H20N4O5. The van der Waals surface area contributed by atoms with Crippen LogP contribution in [0.15, 0.2) is 24.4 Å². The monoisotopic (exact) mass is 348 g/mol. The van der Waals surface area contributed by atoms with Gasteiger partial charge < -0.3 is 19.5 Å². The van der Waals surface area contributed by atoms with Crippen molar-refractivity contribution in [2.45, 2.75) is 19.5 Å². The number of hydrogen-bond donors (Lipinski definition) is 1. The highest BCUT2D eigenvalue weighted by molar-refractivity contribution is 5.86. The van der Waals surface area contributed by atoms with Gasteiger partial charge in [-0.05, 0) is 25.1 Å². The van der Waals surface area contributed by atoms with E-state index in [1.165, 1.54) is 18.0 Å². The molecule has 0 spiro atoms. The van der Waals surface area contributed by atoms with E-state index in [-0.39, 0.29) is 24.2 Å². The molecule has 2 rings (SSSR count). The molecule has 9 nitrogen and oxygen atoms in total. The minimum Gasteiger partial charge on any atom is -0.497 e. The highest BCUT2D eigenvalue weighted by Gasteiger charge is 2.17. The molecule has 1 atom stereocenters. The van der Waals surface area contributed by atoms with E-state index in [2.05, 4.69) is 20.4 Å². The molecule has 9 heteroatoms. The number of rotatable bonds is 7. The maximum absolute atomic E-state index is 12.2. The van der Waals surface area contributed by atoms with Gasteiger partial charge in [-0.1, -0.05) is 5.21 Å². The van der Waals surface area contributed by atoms with Crippen LogP contribution < -0.4 is 14.8 Å². The lowest BCUT2D eigenvalue weighted by Gasteiger charge is -2.18. The molecule has 0 unspecified atom stereocenters. The van der Waals surface area contributed by atoms with Gasteiger partial charge in [0, 0.05) is 5.56 Å². The van der Waals surface area contributed by atoms with E-state index in [1.807, 2.05) is 6.92 Å². The summed E-state index contributed by atoms with van der Waals surface area (Å²) >= 11 is 0. The lowest BCUT2D eigenvalue weighted by Crippen LogP contribution is -2.30. The Morgan fingerprint density at radius 2 is 2.00 bits per heavy atom. The summed E-state index contributed by atoms with van der Waals surface area (Å²) in [6.45, 7) is 1.75. The number of aromatic nitrogens is 3. The lowest BCUT2D eigenvalue weighted by molar-refractivity contribution is -0.122. The summed E-state index contributed by atoms with van der Waals surface area (Å²) in [4.78, 5) is 23.6. The molecule has 0 bridgehead atoms. The number of esters is 1. The van der Waals surface area contributed by atoms with E-state index < -0.39 is 5.97 Å². The zero-order chi connectivity index (χ0) is 18.4. The fraction of sp³-hybridized carbons (Fsp3) is 0.375. The molecule has 1 N–H and O–H groups in total. The number of nitrogens with zero attached hydrogens (tertiary/aromatic N) is 3. The first-order valence-corrected chi connectivity index (χ1v) is 7.48. The quantitative estimate of drug-likeness (QED) is 0.743. The van der Waals surface area contributed by atoms with Crippen molar-refractivity contribution in [2.24, 2.45) is 0 Å². The van der Waals surface area contributed by atoms with Crippen molar-refractivity contribution >= 4 is 11.9 Å². The minimum atomic E-state index is -0.610. The van der Waals surface area contributed by atoms with Crippen LogP contribution in [0, 0.1) is 0 Å². The van der Waals surface area contributed by atoms with Crippen LogP contribution in [-0.2, 0) is 16.1 Å². The fourth-order valence-corrected chi connectivity index (χ4v) is 2.26. The molecule has 25 heavy (non-hydrogen) atoms. The van der Waals surface area contributed by atoms with Gasteiger partial charge in [0.25, 0.3) is 0 Å². The molecule has 0 aliphatic carbocycles. The smallest absolute Gasteiger partial charge is 0.360 e. The van der Waals surface area contributed by atoms with E-state index in [1.54, 1.807) is 32.4 Å². The van der Waals surface area contributed by atoms with Gasteiger partial charge >= 0.3 is 5.97 Å². The van der Waals surface area contributed by atoms with Crippen LogP contribution in [0.25, 0.3) is 0 Å². The third-order valence-electron chi connectivity index (χ3n) is 3.52. The van der Waals surface area contributed by atoms with E-state index in [4.69, 9.17) is 9.47 Å². The van der Waals surface area contributed by atoms with Gasteiger partial charge in [-0.25, -0.2) is 9.48 Å². The summed E-state index contributed by atoms with van der Waals surface area (Å²) in [5.41, 5.74) is 0.821. The third-order valence-corrected chi connectivity index (χ3v) is 3.52. The number of carbonyl (C=O) groups excluding carboxylic acids is 2. The topological polar surface area (TPSA) is 105 Å². The van der Waals surface area contributed by atoms with Gasteiger partial charge in [0.2, 0.25) is 5.91 Å². The Bertz CT molecular complexity index is 759. The maximum Gasteiger partial charge on any atom is 0.360 e. The standard InChI is InChI=1S/C16H20N4O5/c1-10(12-7-11(23-2)5-6-14(12)24-3)17-15(21)9-20-8-13(18-19-20)16(22)25-4/h5-8,10H,9H2,1-4H3,(H,17,21)/t10-/m0/s1. The number of nitrogens with one attached hydrogen (secondary N) is 1. The summed E-state index contributed by atoms with van der Waals surface area (Å²) in [6.07, 6.45) is 1.35. The van der Waals surface area contributed by atoms with Crippen LogP contribution in [-0.4, -0.2) is 48.2 Å². The molecule has 0 saturated carbocycles. The molecule has 0 radical (unpaired) electrons. The Kier molecular flexibility index (Phi) is 5.93. The average Bonchev–Trinajstić information content (AvgIpc) is 3.08. The van der Waals surface area contributed by atoms with Crippen LogP contribution in [0.5, 0.6) is 11.5 Å². The fourth-order valence-electron chi connectivity index (χ4n) is 2.26. The number of amides is 1. The summed E-state index contributed by atoms with van der Waals surface area (Å²) < 4.78 is 16.3. The number of carbonyl (C=O) groups is 2. The van der Waals surface area contributed by atoms with Gasteiger partial charge in [-0.2, -0.15) is 0 Å². The van der Waals surface area contributed by atoms with Crippen LogP contribution in [0.1, 0.15) is 29.0 Å². The summed E-state index contributed by atoms with van der Waals surface area (Å²) in [7, 11) is 4.37. The van der Waals surface area contributed by atoms with Crippen LogP contribution in [0.2, 0.25) is 0 Å². The number of methoxy groups -OCH3 is 3. The van der Waals surface area contributed by atoms with E-state index in [0.717, 1.165) is 5.56 Å². The Labute approximate surface area is 144 Å². The number of ether oxygens (including phenoxy) is 3. The van der Waals surface area contributed by atoms with Crippen molar-refractivity contribution in [3.63, 3.8) is 0 Å². The SMILES string of the molecule is COC(=O)c1cn(CC(=O)N[C@@H](C)c2cc(OC)ccc2OC)nn1. The Morgan fingerprint density at radius 3 is 2.64 bits per heavy atom. The lowest BCUT2D eigenvalue weighted by atomic mass is 10.1. The first kappa shape index (κ1) is 18.2. The maximum atomic E-state index is 12.2. The molecule has 134 valence electrons. The molecule has 0 fully saturated rings. The second-order valence-electron chi connectivity index (χ2n) is 5.19. The minimum absolute atomic E-state index is 0.0396. The molecule has 0 saturated heterocycles. The van der Waals surface area contributed by atoms with E-state index in [0.29, 0.717) is 11.5 Å². The number of hydrogen-bond acceptors (Lipinski definition) is 7. The van der Waals surface area contributed by atoms with Gasteiger partial charge in [0.15, 0.2) is 5.69 Å². The van der Waals surface area contributed by atoms with Crippen LogP contribution >= 0.6 is 0 Å². The van der Waals surface area contributed by atoms with Crippen molar-refractivity contribution < 1.29 is 23.8 Å². The van der Waals surface area contributed by atoms with Crippen molar-refractivity contribution in [2.75, 3.05) is 21.3 Å². The van der Waals surface area contributed by atoms with E-state index in [9.17, 15) is 9.59 Å².